The molecular formula is C20H26N4O2. The maximum Gasteiger partial charge on any atom is 0.240 e. The SMILES string of the molecule is CN(C)CC(=O)N(C)CC(=O)NC(Cc1ccccn1)c1ccccc1. The summed E-state index contributed by atoms with van der Waals surface area (Å²) < 4.78 is 0. The van der Waals surface area contributed by atoms with Crippen molar-refractivity contribution in [2.45, 2.75) is 12.5 Å². The number of benzene rings is 1. The molecule has 2 rings (SSSR count). The molecule has 0 saturated carbocycles. The van der Waals surface area contributed by atoms with E-state index < -0.39 is 0 Å². The van der Waals surface area contributed by atoms with Crippen LogP contribution in [0.2, 0.25) is 0 Å². The third-order valence-electron chi connectivity index (χ3n) is 3.93. The topological polar surface area (TPSA) is 65.5 Å². The Morgan fingerprint density at radius 3 is 2.31 bits per heavy atom. The normalized spacial score (nSPS) is 11.8. The molecule has 2 aromatic rings. The maximum absolute atomic E-state index is 12.5. The van der Waals surface area contributed by atoms with Gasteiger partial charge in [-0.1, -0.05) is 36.4 Å². The molecule has 6 heteroatoms. The zero-order chi connectivity index (χ0) is 18.9. The Hall–Kier alpha value is -2.73. The quantitative estimate of drug-likeness (QED) is 0.780. The van der Waals surface area contributed by atoms with Gasteiger partial charge in [0.25, 0.3) is 0 Å². The fourth-order valence-corrected chi connectivity index (χ4v) is 2.60. The molecule has 26 heavy (non-hydrogen) atoms. The highest BCUT2D eigenvalue weighted by atomic mass is 16.2. The monoisotopic (exact) mass is 354 g/mol. The van der Waals surface area contributed by atoms with E-state index in [1.807, 2.05) is 62.6 Å². The third-order valence-corrected chi connectivity index (χ3v) is 3.93. The number of hydrogen-bond acceptors (Lipinski definition) is 4. The van der Waals surface area contributed by atoms with E-state index in [4.69, 9.17) is 0 Å². The molecule has 0 radical (unpaired) electrons. The van der Waals surface area contributed by atoms with Crippen LogP contribution in [-0.4, -0.2) is 60.8 Å². The van der Waals surface area contributed by atoms with Gasteiger partial charge in [-0.25, -0.2) is 0 Å². The number of aromatic nitrogens is 1. The number of likely N-dealkylation sites (N-methyl/N-ethyl adjacent to an activating group) is 2. The minimum Gasteiger partial charge on any atom is -0.347 e. The zero-order valence-corrected chi connectivity index (χ0v) is 15.6. The standard InChI is InChI=1S/C20H26N4O2/c1-23(2)15-20(26)24(3)14-19(25)22-18(16-9-5-4-6-10-16)13-17-11-7-8-12-21-17/h4-12,18H,13-15H2,1-3H3,(H,22,25). The Balaban J connectivity index is 2.04. The predicted octanol–water partition coefficient (Wildman–Crippen LogP) is 1.50. The first-order valence-electron chi connectivity index (χ1n) is 8.58. The lowest BCUT2D eigenvalue weighted by Crippen LogP contribution is -2.43. The summed E-state index contributed by atoms with van der Waals surface area (Å²) in [5.41, 5.74) is 1.91. The zero-order valence-electron chi connectivity index (χ0n) is 15.6. The summed E-state index contributed by atoms with van der Waals surface area (Å²) in [5, 5.41) is 3.03. The molecule has 1 N–H and O–H groups in total. The van der Waals surface area contributed by atoms with Crippen LogP contribution in [0.5, 0.6) is 0 Å². The average Bonchev–Trinajstić information content (AvgIpc) is 2.62. The molecule has 0 aliphatic rings. The molecule has 1 heterocycles. The van der Waals surface area contributed by atoms with Crippen LogP contribution >= 0.6 is 0 Å². The second-order valence-electron chi connectivity index (χ2n) is 6.54. The number of carbonyl (C=O) groups excluding carboxylic acids is 2. The number of nitrogens with zero attached hydrogens (tertiary/aromatic N) is 3. The first-order valence-corrected chi connectivity index (χ1v) is 8.58. The van der Waals surface area contributed by atoms with Crippen molar-refractivity contribution in [3.8, 4) is 0 Å². The van der Waals surface area contributed by atoms with Crippen LogP contribution in [0.4, 0.5) is 0 Å². The average molecular weight is 354 g/mol. The maximum atomic E-state index is 12.5. The number of amides is 2. The smallest absolute Gasteiger partial charge is 0.240 e. The van der Waals surface area contributed by atoms with E-state index >= 15 is 0 Å². The second-order valence-corrected chi connectivity index (χ2v) is 6.54. The van der Waals surface area contributed by atoms with Crippen molar-refractivity contribution in [2.75, 3.05) is 34.2 Å². The summed E-state index contributed by atoms with van der Waals surface area (Å²) in [6.07, 6.45) is 2.33. The highest BCUT2D eigenvalue weighted by Gasteiger charge is 2.19. The Bertz CT molecular complexity index is 704. The van der Waals surface area contributed by atoms with Crippen LogP contribution in [0, 0.1) is 0 Å². The fourth-order valence-electron chi connectivity index (χ4n) is 2.60. The van der Waals surface area contributed by atoms with Crippen LogP contribution in [-0.2, 0) is 16.0 Å². The van der Waals surface area contributed by atoms with Gasteiger partial charge < -0.3 is 15.1 Å². The van der Waals surface area contributed by atoms with Crippen molar-refractivity contribution in [3.05, 3.63) is 66.0 Å². The molecule has 2 amide bonds. The molecule has 0 fully saturated rings. The van der Waals surface area contributed by atoms with Crippen molar-refractivity contribution in [1.82, 2.24) is 20.1 Å². The number of hydrogen-bond donors (Lipinski definition) is 1. The molecule has 0 saturated heterocycles. The number of carbonyl (C=O) groups is 2. The van der Waals surface area contributed by atoms with Gasteiger partial charge >= 0.3 is 0 Å². The van der Waals surface area contributed by atoms with E-state index in [1.54, 1.807) is 18.1 Å². The summed E-state index contributed by atoms with van der Waals surface area (Å²) in [5.74, 6) is -0.282. The van der Waals surface area contributed by atoms with Gasteiger partial charge in [-0.15, -0.1) is 0 Å². The third kappa shape index (κ3) is 6.29. The molecule has 1 atom stereocenters. The lowest BCUT2D eigenvalue weighted by molar-refractivity contribution is -0.135. The summed E-state index contributed by atoms with van der Waals surface area (Å²) >= 11 is 0. The van der Waals surface area contributed by atoms with Crippen LogP contribution in [0.25, 0.3) is 0 Å². The predicted molar refractivity (Wildman–Crippen MR) is 101 cm³/mol. The molecule has 0 bridgehead atoms. The Labute approximate surface area is 154 Å². The van der Waals surface area contributed by atoms with Gasteiger partial charge in [0.2, 0.25) is 11.8 Å². The van der Waals surface area contributed by atoms with Gasteiger partial charge in [-0.3, -0.25) is 14.6 Å². The summed E-state index contributed by atoms with van der Waals surface area (Å²) in [7, 11) is 5.29. The van der Waals surface area contributed by atoms with Crippen molar-refractivity contribution in [2.24, 2.45) is 0 Å². The Kier molecular flexibility index (Phi) is 7.29. The molecule has 0 spiro atoms. The molecular weight excluding hydrogens is 328 g/mol. The largest absolute Gasteiger partial charge is 0.347 e. The Morgan fingerprint density at radius 1 is 1.00 bits per heavy atom. The van der Waals surface area contributed by atoms with E-state index in [9.17, 15) is 9.59 Å². The molecule has 6 nitrogen and oxygen atoms in total. The highest BCUT2D eigenvalue weighted by molar-refractivity contribution is 5.85. The van der Waals surface area contributed by atoms with Gasteiger partial charge in [0.15, 0.2) is 0 Å². The fraction of sp³-hybridized carbons (Fsp3) is 0.350. The number of rotatable bonds is 8. The van der Waals surface area contributed by atoms with E-state index in [1.165, 1.54) is 4.90 Å². The molecule has 0 aliphatic carbocycles. The molecule has 138 valence electrons. The first kappa shape index (κ1) is 19.6. The van der Waals surface area contributed by atoms with Gasteiger partial charge in [-0.2, -0.15) is 0 Å². The lowest BCUT2D eigenvalue weighted by atomic mass is 10.0. The lowest BCUT2D eigenvalue weighted by Gasteiger charge is -2.23. The summed E-state index contributed by atoms with van der Waals surface area (Å²) in [6.45, 7) is 0.304. The summed E-state index contributed by atoms with van der Waals surface area (Å²) in [4.78, 5) is 32.1. The molecule has 1 aromatic carbocycles. The van der Waals surface area contributed by atoms with Gasteiger partial charge in [-0.05, 0) is 31.8 Å². The van der Waals surface area contributed by atoms with E-state index in [0.717, 1.165) is 11.3 Å². The van der Waals surface area contributed by atoms with Crippen LogP contribution in [0.1, 0.15) is 17.3 Å². The van der Waals surface area contributed by atoms with Crippen molar-refractivity contribution in [1.29, 1.82) is 0 Å². The van der Waals surface area contributed by atoms with Crippen molar-refractivity contribution in [3.63, 3.8) is 0 Å². The molecule has 1 unspecified atom stereocenters. The summed E-state index contributed by atoms with van der Waals surface area (Å²) in [6, 6.07) is 15.3. The van der Waals surface area contributed by atoms with Crippen LogP contribution < -0.4 is 5.32 Å². The minimum atomic E-state index is -0.198. The van der Waals surface area contributed by atoms with Crippen molar-refractivity contribution < 1.29 is 9.59 Å². The number of nitrogens with one attached hydrogen (secondary N) is 1. The Morgan fingerprint density at radius 2 is 1.69 bits per heavy atom. The second kappa shape index (κ2) is 9.68. The van der Waals surface area contributed by atoms with Crippen LogP contribution in [0.15, 0.2) is 54.7 Å². The van der Waals surface area contributed by atoms with Crippen LogP contribution in [0.3, 0.4) is 0 Å². The van der Waals surface area contributed by atoms with Gasteiger partial charge in [0, 0.05) is 25.4 Å². The number of pyridine rings is 1. The minimum absolute atomic E-state index is 0.0260. The molecule has 1 aromatic heterocycles. The van der Waals surface area contributed by atoms with Gasteiger partial charge in [0.05, 0.1) is 19.1 Å². The van der Waals surface area contributed by atoms with Crippen molar-refractivity contribution >= 4 is 11.8 Å². The molecule has 0 aliphatic heterocycles. The van der Waals surface area contributed by atoms with E-state index in [2.05, 4.69) is 10.3 Å². The van der Waals surface area contributed by atoms with E-state index in [0.29, 0.717) is 6.42 Å². The van der Waals surface area contributed by atoms with E-state index in [-0.39, 0.29) is 30.9 Å². The highest BCUT2D eigenvalue weighted by Crippen LogP contribution is 2.17. The first-order chi connectivity index (χ1) is 12.5. The van der Waals surface area contributed by atoms with Gasteiger partial charge in [0.1, 0.15) is 0 Å².